The number of hydrogen-bond donors (Lipinski definition) is 4. The van der Waals surface area contributed by atoms with Gasteiger partial charge in [-0.2, -0.15) is 15.0 Å². The van der Waals surface area contributed by atoms with Gasteiger partial charge in [0, 0.05) is 0 Å². The van der Waals surface area contributed by atoms with Crippen LogP contribution in [-0.4, -0.2) is 54.2 Å². The lowest BCUT2D eigenvalue weighted by Crippen LogP contribution is -2.35. The molecule has 0 aliphatic rings. The first kappa shape index (κ1) is 14.6. The monoisotopic (exact) mass is 279 g/mol. The molecule has 3 atom stereocenters. The summed E-state index contributed by atoms with van der Waals surface area (Å²) in [5.41, 5.74) is 1.14. The van der Waals surface area contributed by atoms with Gasteiger partial charge in [-0.3, -0.25) is 0 Å². The van der Waals surface area contributed by atoms with Crippen molar-refractivity contribution in [2.24, 2.45) is 0 Å². The number of benzene rings is 1. The van der Waals surface area contributed by atoms with E-state index in [0.29, 0.717) is 6.54 Å². The fourth-order valence-electron chi connectivity index (χ4n) is 1.76. The van der Waals surface area contributed by atoms with Gasteiger partial charge in [0.1, 0.15) is 24.0 Å². The summed E-state index contributed by atoms with van der Waals surface area (Å²) in [7, 11) is 0. The van der Waals surface area contributed by atoms with Crippen LogP contribution >= 0.6 is 0 Å². The number of rotatable bonds is 6. The third-order valence-corrected chi connectivity index (χ3v) is 2.93. The van der Waals surface area contributed by atoms with Crippen LogP contribution < -0.4 is 0 Å². The molecule has 0 radical (unpaired) electrons. The molecule has 7 heteroatoms. The molecule has 0 spiro atoms. The van der Waals surface area contributed by atoms with Gasteiger partial charge < -0.3 is 20.4 Å². The van der Waals surface area contributed by atoms with Crippen molar-refractivity contribution in [3.63, 3.8) is 0 Å². The summed E-state index contributed by atoms with van der Waals surface area (Å²) >= 11 is 0. The molecule has 20 heavy (non-hydrogen) atoms. The second-order valence-corrected chi connectivity index (χ2v) is 4.47. The maximum Gasteiger partial charge on any atom is 0.128 e. The topological polar surface area (TPSA) is 112 Å². The fourth-order valence-corrected chi connectivity index (χ4v) is 1.76. The summed E-state index contributed by atoms with van der Waals surface area (Å²) in [4.78, 5) is 1.38. The minimum Gasteiger partial charge on any atom is -0.394 e. The van der Waals surface area contributed by atoms with Crippen molar-refractivity contribution in [2.75, 3.05) is 6.61 Å². The Morgan fingerprint density at radius 1 is 1.10 bits per heavy atom. The van der Waals surface area contributed by atoms with Crippen LogP contribution in [0.25, 0.3) is 0 Å². The first-order valence-electron chi connectivity index (χ1n) is 6.21. The van der Waals surface area contributed by atoms with Gasteiger partial charge in [-0.1, -0.05) is 30.3 Å². The SMILES string of the molecule is OC[C@@H](O)[C@@H](O)[C@@H](O)c1cnn(Cc2ccccc2)n1. The smallest absolute Gasteiger partial charge is 0.128 e. The Bertz CT molecular complexity index is 531. The Morgan fingerprint density at radius 2 is 1.80 bits per heavy atom. The molecule has 0 amide bonds. The van der Waals surface area contributed by atoms with Crippen LogP contribution in [0.4, 0.5) is 0 Å². The van der Waals surface area contributed by atoms with Crippen molar-refractivity contribution in [1.82, 2.24) is 15.0 Å². The van der Waals surface area contributed by atoms with Gasteiger partial charge in [-0.15, -0.1) is 0 Å². The van der Waals surface area contributed by atoms with Gasteiger partial charge in [0.15, 0.2) is 0 Å². The van der Waals surface area contributed by atoms with E-state index in [1.165, 1.54) is 11.0 Å². The summed E-state index contributed by atoms with van der Waals surface area (Å²) in [5, 5.41) is 45.5. The summed E-state index contributed by atoms with van der Waals surface area (Å²) in [6.45, 7) is -0.206. The van der Waals surface area contributed by atoms with Gasteiger partial charge in [0.2, 0.25) is 0 Å². The van der Waals surface area contributed by atoms with Crippen molar-refractivity contribution in [1.29, 1.82) is 0 Å². The van der Waals surface area contributed by atoms with Crippen LogP contribution in [0.5, 0.6) is 0 Å². The lowest BCUT2D eigenvalue weighted by molar-refractivity contribution is -0.0790. The first-order chi connectivity index (χ1) is 9.61. The van der Waals surface area contributed by atoms with Gasteiger partial charge >= 0.3 is 0 Å². The minimum atomic E-state index is -1.51. The lowest BCUT2D eigenvalue weighted by atomic mass is 10.1. The van der Waals surface area contributed by atoms with Crippen LogP contribution in [-0.2, 0) is 6.54 Å². The standard InChI is InChI=1S/C13H17N3O4/c17-8-11(18)13(20)12(19)10-6-14-16(15-10)7-9-4-2-1-3-5-9/h1-6,11-13,17-20H,7-8H2/t11-,12+,13-/m1/s1. The van der Waals surface area contributed by atoms with Gasteiger partial charge in [0.25, 0.3) is 0 Å². The predicted octanol–water partition coefficient (Wildman–Crippen LogP) is -0.926. The third-order valence-electron chi connectivity index (χ3n) is 2.93. The second kappa shape index (κ2) is 6.58. The molecule has 0 aliphatic heterocycles. The van der Waals surface area contributed by atoms with E-state index < -0.39 is 24.9 Å². The first-order valence-corrected chi connectivity index (χ1v) is 6.21. The molecule has 2 rings (SSSR count). The second-order valence-electron chi connectivity index (χ2n) is 4.47. The van der Waals surface area contributed by atoms with E-state index in [-0.39, 0.29) is 5.69 Å². The highest BCUT2D eigenvalue weighted by Gasteiger charge is 2.27. The molecule has 4 N–H and O–H groups in total. The Labute approximate surface area is 115 Å². The van der Waals surface area contributed by atoms with Crippen LogP contribution in [0, 0.1) is 0 Å². The maximum atomic E-state index is 9.83. The molecule has 0 unspecified atom stereocenters. The van der Waals surface area contributed by atoms with E-state index in [2.05, 4.69) is 10.2 Å². The average molecular weight is 279 g/mol. The number of aliphatic hydroxyl groups excluding tert-OH is 4. The van der Waals surface area contributed by atoms with Crippen LogP contribution in [0.3, 0.4) is 0 Å². The van der Waals surface area contributed by atoms with Crippen molar-refractivity contribution in [3.05, 3.63) is 47.8 Å². The van der Waals surface area contributed by atoms with E-state index in [4.69, 9.17) is 5.11 Å². The van der Waals surface area contributed by atoms with E-state index in [1.54, 1.807) is 0 Å². The molecular formula is C13H17N3O4. The summed E-state index contributed by atoms with van der Waals surface area (Å²) < 4.78 is 0. The van der Waals surface area contributed by atoms with Gasteiger partial charge in [0.05, 0.1) is 19.3 Å². The molecule has 0 bridgehead atoms. The molecule has 1 aromatic heterocycles. The van der Waals surface area contributed by atoms with Crippen molar-refractivity contribution < 1.29 is 20.4 Å². The zero-order chi connectivity index (χ0) is 14.5. The van der Waals surface area contributed by atoms with Crippen molar-refractivity contribution in [2.45, 2.75) is 24.9 Å². The van der Waals surface area contributed by atoms with Crippen molar-refractivity contribution in [3.8, 4) is 0 Å². The fraction of sp³-hybridized carbons (Fsp3) is 0.385. The Hall–Kier alpha value is -1.80. The molecule has 108 valence electrons. The highest BCUT2D eigenvalue weighted by molar-refractivity contribution is 5.14. The lowest BCUT2D eigenvalue weighted by Gasteiger charge is -2.19. The maximum absolute atomic E-state index is 9.83. The minimum absolute atomic E-state index is 0.140. The molecule has 7 nitrogen and oxygen atoms in total. The van der Waals surface area contributed by atoms with Gasteiger partial charge in [-0.05, 0) is 5.56 Å². The van der Waals surface area contributed by atoms with Crippen LogP contribution in [0.2, 0.25) is 0 Å². The molecule has 0 fully saturated rings. The predicted molar refractivity (Wildman–Crippen MR) is 69.6 cm³/mol. The van der Waals surface area contributed by atoms with Crippen molar-refractivity contribution >= 4 is 0 Å². The molecular weight excluding hydrogens is 262 g/mol. The quantitative estimate of drug-likeness (QED) is 0.544. The van der Waals surface area contributed by atoms with Crippen LogP contribution in [0.1, 0.15) is 17.4 Å². The number of hydrogen-bond acceptors (Lipinski definition) is 6. The largest absolute Gasteiger partial charge is 0.394 e. The number of aromatic nitrogens is 3. The molecule has 1 aromatic carbocycles. The molecule has 2 aromatic rings. The van der Waals surface area contributed by atoms with E-state index in [0.717, 1.165) is 5.56 Å². The summed E-state index contributed by atoms with van der Waals surface area (Å²) in [5.74, 6) is 0. The summed E-state index contributed by atoms with van der Waals surface area (Å²) in [6, 6.07) is 9.54. The van der Waals surface area contributed by atoms with Crippen LogP contribution in [0.15, 0.2) is 36.5 Å². The Balaban J connectivity index is 2.05. The zero-order valence-electron chi connectivity index (χ0n) is 10.7. The summed E-state index contributed by atoms with van der Waals surface area (Å²) in [6.07, 6.45) is -3.02. The number of aliphatic hydroxyl groups is 4. The zero-order valence-corrected chi connectivity index (χ0v) is 10.7. The van der Waals surface area contributed by atoms with E-state index in [1.807, 2.05) is 30.3 Å². The highest BCUT2D eigenvalue weighted by atomic mass is 16.4. The van der Waals surface area contributed by atoms with E-state index in [9.17, 15) is 15.3 Å². The average Bonchev–Trinajstić information content (AvgIpc) is 2.94. The molecule has 1 heterocycles. The van der Waals surface area contributed by atoms with Gasteiger partial charge in [-0.25, -0.2) is 0 Å². The Kier molecular flexibility index (Phi) is 4.80. The Morgan fingerprint density at radius 3 is 2.45 bits per heavy atom. The third kappa shape index (κ3) is 3.40. The number of nitrogens with zero attached hydrogens (tertiary/aromatic N) is 3. The molecule has 0 saturated carbocycles. The molecule has 0 aliphatic carbocycles. The highest BCUT2D eigenvalue weighted by Crippen LogP contribution is 2.16. The molecule has 0 saturated heterocycles. The van der Waals surface area contributed by atoms with E-state index >= 15 is 0 Å². The normalized spacial score (nSPS) is 15.8.